The highest BCUT2D eigenvalue weighted by Crippen LogP contribution is 2.58. The minimum atomic E-state index is -4.65. The lowest BCUT2D eigenvalue weighted by atomic mass is 9.59. The van der Waals surface area contributed by atoms with E-state index >= 15 is 0 Å². The number of esters is 1. The van der Waals surface area contributed by atoms with Crippen LogP contribution in [0.5, 0.6) is 0 Å². The summed E-state index contributed by atoms with van der Waals surface area (Å²) in [6.45, 7) is 9.70. The Morgan fingerprint density at radius 3 is 1.92 bits per heavy atom. The van der Waals surface area contributed by atoms with Gasteiger partial charge in [-0.3, -0.25) is 4.79 Å². The number of carbonyl (C=O) groups excluding carboxylic acids is 1. The minimum absolute atomic E-state index is 0.250. The summed E-state index contributed by atoms with van der Waals surface area (Å²) in [5, 5.41) is 0. The lowest BCUT2D eigenvalue weighted by molar-refractivity contribution is -0.272. The molecule has 0 radical (unpaired) electrons. The molecule has 2 nitrogen and oxygen atoms in total. The zero-order valence-electron chi connectivity index (χ0n) is 15.7. The average Bonchev–Trinajstić information content (AvgIpc) is 2.93. The lowest BCUT2D eigenvalue weighted by Gasteiger charge is -2.47. The summed E-state index contributed by atoms with van der Waals surface area (Å²) in [5.41, 5.74) is -4.40. The summed E-state index contributed by atoms with van der Waals surface area (Å²) in [4.78, 5) is 12.9. The van der Waals surface area contributed by atoms with E-state index in [9.17, 15) is 18.0 Å². The van der Waals surface area contributed by atoms with Crippen molar-refractivity contribution in [3.63, 3.8) is 0 Å². The molecule has 2 rings (SSSR count). The van der Waals surface area contributed by atoms with Crippen LogP contribution in [0, 0.1) is 28.1 Å². The molecule has 0 aliphatic heterocycles. The monoisotopic (exact) mass is 348 g/mol. The second-order valence-electron chi connectivity index (χ2n) is 10.0. The second kappa shape index (κ2) is 5.91. The van der Waals surface area contributed by atoms with Gasteiger partial charge in [-0.05, 0) is 54.8 Å². The first kappa shape index (κ1) is 19.6. The van der Waals surface area contributed by atoms with Crippen LogP contribution in [0.15, 0.2) is 0 Å². The molecule has 0 amide bonds. The maximum atomic E-state index is 14.2. The van der Waals surface area contributed by atoms with Crippen LogP contribution in [0.2, 0.25) is 0 Å². The van der Waals surface area contributed by atoms with Gasteiger partial charge in [-0.25, -0.2) is 0 Å². The van der Waals surface area contributed by atoms with Crippen LogP contribution in [0.1, 0.15) is 73.6 Å². The van der Waals surface area contributed by atoms with E-state index < -0.39 is 28.4 Å². The maximum Gasteiger partial charge on any atom is 0.405 e. The molecule has 0 aromatic rings. The highest BCUT2D eigenvalue weighted by molar-refractivity contribution is 5.79. The second-order valence-corrected chi connectivity index (χ2v) is 10.0. The van der Waals surface area contributed by atoms with Gasteiger partial charge in [0.25, 0.3) is 0 Å². The fourth-order valence-electron chi connectivity index (χ4n) is 4.65. The first-order valence-electron chi connectivity index (χ1n) is 8.95. The summed E-state index contributed by atoms with van der Waals surface area (Å²) in [7, 11) is 0. The molecule has 2 saturated carbocycles. The van der Waals surface area contributed by atoms with Crippen molar-refractivity contribution in [1.82, 2.24) is 0 Å². The molecule has 0 saturated heterocycles. The lowest BCUT2D eigenvalue weighted by Crippen LogP contribution is -2.57. The number of carbonyl (C=O) groups is 1. The molecule has 2 aliphatic rings. The van der Waals surface area contributed by atoms with Crippen molar-refractivity contribution in [2.24, 2.45) is 28.1 Å². The number of hydrogen-bond donors (Lipinski definition) is 0. The highest BCUT2D eigenvalue weighted by atomic mass is 19.4. The third-order valence-electron chi connectivity index (χ3n) is 5.84. The molecule has 0 aromatic carbocycles. The van der Waals surface area contributed by atoms with Gasteiger partial charge in [0.1, 0.15) is 6.10 Å². The van der Waals surface area contributed by atoms with Crippen LogP contribution >= 0.6 is 0 Å². The molecule has 2 aliphatic carbocycles. The van der Waals surface area contributed by atoms with Crippen molar-refractivity contribution in [1.29, 1.82) is 0 Å². The van der Waals surface area contributed by atoms with Crippen LogP contribution < -0.4 is 0 Å². The Morgan fingerprint density at radius 2 is 1.58 bits per heavy atom. The molecular formula is C19H31F3O2. The standard InChI is InChI=1S/C19H31F3O2/c1-16(2,3)11-18(17(4,5)6,19(20,21)22)15(23)24-14-10-12-7-8-13(14)9-12/h12-14H,7-11H2,1-6H3. The molecule has 2 fully saturated rings. The molecule has 0 spiro atoms. The van der Waals surface area contributed by atoms with Gasteiger partial charge in [-0.1, -0.05) is 41.5 Å². The van der Waals surface area contributed by atoms with Crippen molar-refractivity contribution in [3.05, 3.63) is 0 Å². The predicted octanol–water partition coefficient (Wildman–Crippen LogP) is 5.75. The Kier molecular flexibility index (Phi) is 4.82. The SMILES string of the molecule is CC(C)(C)CC(C(=O)OC1CC2CCC1C2)(C(C)(C)C)C(F)(F)F. The zero-order valence-corrected chi connectivity index (χ0v) is 15.7. The van der Waals surface area contributed by atoms with E-state index in [1.54, 1.807) is 20.8 Å². The van der Waals surface area contributed by atoms with Crippen LogP contribution in [0.4, 0.5) is 13.2 Å². The number of halogens is 3. The average molecular weight is 348 g/mol. The molecule has 2 bridgehead atoms. The Balaban J connectivity index is 2.35. The third-order valence-corrected chi connectivity index (χ3v) is 5.84. The Bertz CT molecular complexity index is 468. The molecule has 4 atom stereocenters. The summed E-state index contributed by atoms with van der Waals surface area (Å²) in [6, 6.07) is 0. The van der Waals surface area contributed by atoms with Gasteiger partial charge in [0.05, 0.1) is 0 Å². The fourth-order valence-corrected chi connectivity index (χ4v) is 4.65. The van der Waals surface area contributed by atoms with Crippen molar-refractivity contribution >= 4 is 5.97 Å². The highest BCUT2D eigenvalue weighted by Gasteiger charge is 2.68. The van der Waals surface area contributed by atoms with Gasteiger partial charge in [0.2, 0.25) is 0 Å². The van der Waals surface area contributed by atoms with E-state index in [2.05, 4.69) is 0 Å². The topological polar surface area (TPSA) is 26.3 Å². The van der Waals surface area contributed by atoms with E-state index in [1.165, 1.54) is 20.8 Å². The molecule has 5 heteroatoms. The van der Waals surface area contributed by atoms with E-state index in [1.807, 2.05) is 0 Å². The Morgan fingerprint density at radius 1 is 1.00 bits per heavy atom. The number of ether oxygens (including phenoxy) is 1. The summed E-state index contributed by atoms with van der Waals surface area (Å²) >= 11 is 0. The molecule has 140 valence electrons. The van der Waals surface area contributed by atoms with Gasteiger partial charge in [-0.2, -0.15) is 13.2 Å². The zero-order chi connectivity index (χ0) is 18.6. The van der Waals surface area contributed by atoms with Gasteiger partial charge in [0.15, 0.2) is 5.41 Å². The number of alkyl halides is 3. The third kappa shape index (κ3) is 3.45. The van der Waals surface area contributed by atoms with Gasteiger partial charge in [0, 0.05) is 0 Å². The summed E-state index contributed by atoms with van der Waals surface area (Å²) in [5.74, 6) is -0.306. The molecule has 0 aromatic heterocycles. The number of fused-ring (bicyclic) bond motifs is 2. The van der Waals surface area contributed by atoms with Crippen LogP contribution in [-0.4, -0.2) is 18.2 Å². The predicted molar refractivity (Wildman–Crippen MR) is 87.3 cm³/mol. The van der Waals surface area contributed by atoms with E-state index in [4.69, 9.17) is 4.74 Å². The normalized spacial score (nSPS) is 30.3. The first-order valence-corrected chi connectivity index (χ1v) is 8.95. The van der Waals surface area contributed by atoms with E-state index in [-0.39, 0.29) is 18.4 Å². The Labute approximate surface area is 143 Å². The van der Waals surface area contributed by atoms with E-state index in [0.29, 0.717) is 5.92 Å². The molecule has 24 heavy (non-hydrogen) atoms. The van der Waals surface area contributed by atoms with Gasteiger partial charge >= 0.3 is 12.1 Å². The van der Waals surface area contributed by atoms with E-state index in [0.717, 1.165) is 25.7 Å². The Hall–Kier alpha value is -0.740. The van der Waals surface area contributed by atoms with Crippen molar-refractivity contribution < 1.29 is 22.7 Å². The number of rotatable bonds is 3. The molecule has 0 heterocycles. The first-order chi connectivity index (χ1) is 10.7. The number of hydrogen-bond acceptors (Lipinski definition) is 2. The summed E-state index contributed by atoms with van der Waals surface area (Å²) in [6.07, 6.45) is -1.45. The fraction of sp³-hybridized carbons (Fsp3) is 0.947. The largest absolute Gasteiger partial charge is 0.461 e. The van der Waals surface area contributed by atoms with Gasteiger partial charge < -0.3 is 4.74 Å². The van der Waals surface area contributed by atoms with Crippen LogP contribution in [0.25, 0.3) is 0 Å². The van der Waals surface area contributed by atoms with Gasteiger partial charge in [-0.15, -0.1) is 0 Å². The van der Waals surface area contributed by atoms with Crippen LogP contribution in [0.3, 0.4) is 0 Å². The quantitative estimate of drug-likeness (QED) is 0.607. The van der Waals surface area contributed by atoms with Crippen LogP contribution in [-0.2, 0) is 9.53 Å². The maximum absolute atomic E-state index is 14.2. The van der Waals surface area contributed by atoms with Crippen molar-refractivity contribution in [2.45, 2.75) is 85.9 Å². The molecular weight excluding hydrogens is 317 g/mol. The smallest absolute Gasteiger partial charge is 0.405 e. The van der Waals surface area contributed by atoms with Crippen molar-refractivity contribution in [3.8, 4) is 0 Å². The molecule has 0 N–H and O–H groups in total. The summed E-state index contributed by atoms with van der Waals surface area (Å²) < 4.78 is 48.2. The molecule has 4 unspecified atom stereocenters. The minimum Gasteiger partial charge on any atom is -0.461 e. The van der Waals surface area contributed by atoms with Crippen molar-refractivity contribution in [2.75, 3.05) is 0 Å².